The molecule has 1 N–H and O–H groups in total. The molecule has 1 fully saturated rings. The molecule has 1 unspecified atom stereocenters. The molecule has 0 aromatic heterocycles. The predicted molar refractivity (Wildman–Crippen MR) is 60.6 cm³/mol. The van der Waals surface area contributed by atoms with Gasteiger partial charge in [0.05, 0.1) is 0 Å². The first kappa shape index (κ1) is 9.72. The average molecular weight is 189 g/mol. The summed E-state index contributed by atoms with van der Waals surface area (Å²) in [6.45, 7) is 4.58. The molecule has 0 spiro atoms. The van der Waals surface area contributed by atoms with Crippen molar-refractivity contribution in [3.05, 3.63) is 35.4 Å². The van der Waals surface area contributed by atoms with Crippen LogP contribution in [0.2, 0.25) is 0 Å². The minimum Gasteiger partial charge on any atom is -0.316 e. The highest BCUT2D eigenvalue weighted by molar-refractivity contribution is 5.29. The van der Waals surface area contributed by atoms with Crippen LogP contribution < -0.4 is 5.32 Å². The minimum atomic E-state index is 0.735. The average Bonchev–Trinajstić information content (AvgIpc) is 2.47. The van der Waals surface area contributed by atoms with Gasteiger partial charge in [-0.1, -0.05) is 30.7 Å². The first-order valence-electron chi connectivity index (χ1n) is 5.64. The van der Waals surface area contributed by atoms with Crippen molar-refractivity contribution in [2.75, 3.05) is 13.1 Å². The number of nitrogens with one attached hydrogen (secondary N) is 1. The zero-order valence-electron chi connectivity index (χ0n) is 8.92. The maximum absolute atomic E-state index is 3.52. The molecule has 1 aliphatic rings. The van der Waals surface area contributed by atoms with Gasteiger partial charge in [0.1, 0.15) is 0 Å². The Hall–Kier alpha value is -0.820. The predicted octanol–water partition coefficient (Wildman–Crippen LogP) is 2.85. The fraction of sp³-hybridized carbons (Fsp3) is 0.538. The lowest BCUT2D eigenvalue weighted by molar-refractivity contribution is 0.607. The van der Waals surface area contributed by atoms with E-state index in [1.807, 2.05) is 0 Å². The van der Waals surface area contributed by atoms with E-state index in [9.17, 15) is 0 Å². The molecule has 0 saturated carbocycles. The van der Waals surface area contributed by atoms with Gasteiger partial charge in [-0.3, -0.25) is 0 Å². The van der Waals surface area contributed by atoms with E-state index < -0.39 is 0 Å². The summed E-state index contributed by atoms with van der Waals surface area (Å²) < 4.78 is 0. The lowest BCUT2D eigenvalue weighted by Gasteiger charge is -2.16. The first-order chi connectivity index (χ1) is 6.88. The summed E-state index contributed by atoms with van der Waals surface area (Å²) in [4.78, 5) is 0. The Morgan fingerprint density at radius 2 is 2.07 bits per heavy atom. The third-order valence-electron chi connectivity index (χ3n) is 3.18. The molecule has 1 aromatic carbocycles. The Kier molecular flexibility index (Phi) is 3.20. The van der Waals surface area contributed by atoms with E-state index in [-0.39, 0.29) is 0 Å². The molecule has 0 aliphatic carbocycles. The minimum absolute atomic E-state index is 0.735. The molecular formula is C13H19N. The molecule has 0 amide bonds. The van der Waals surface area contributed by atoms with Gasteiger partial charge in [-0.05, 0) is 43.4 Å². The molecule has 1 nitrogen and oxygen atoms in total. The normalized spacial score (nSPS) is 23.1. The van der Waals surface area contributed by atoms with Gasteiger partial charge in [-0.25, -0.2) is 0 Å². The molecule has 1 heterocycles. The van der Waals surface area contributed by atoms with E-state index in [1.165, 1.54) is 31.4 Å². The Morgan fingerprint density at radius 1 is 1.21 bits per heavy atom. The molecule has 0 radical (unpaired) electrons. The zero-order valence-corrected chi connectivity index (χ0v) is 8.92. The lowest BCUT2D eigenvalue weighted by atomic mass is 9.91. The largest absolute Gasteiger partial charge is 0.316 e. The molecular weight excluding hydrogens is 170 g/mol. The Balaban J connectivity index is 2.16. The first-order valence-corrected chi connectivity index (χ1v) is 5.64. The maximum Gasteiger partial charge on any atom is 0.00202 e. The van der Waals surface area contributed by atoms with Gasteiger partial charge in [0.15, 0.2) is 0 Å². The van der Waals surface area contributed by atoms with Gasteiger partial charge < -0.3 is 5.32 Å². The van der Waals surface area contributed by atoms with Gasteiger partial charge >= 0.3 is 0 Å². The van der Waals surface area contributed by atoms with Gasteiger partial charge in [0, 0.05) is 6.54 Å². The Bertz CT molecular complexity index is 285. The van der Waals surface area contributed by atoms with Crippen LogP contribution in [0.25, 0.3) is 0 Å². The van der Waals surface area contributed by atoms with Gasteiger partial charge in [-0.2, -0.15) is 0 Å². The van der Waals surface area contributed by atoms with Crippen LogP contribution in [-0.4, -0.2) is 13.1 Å². The Labute approximate surface area is 86.5 Å². The van der Waals surface area contributed by atoms with Gasteiger partial charge in [0.2, 0.25) is 0 Å². The second kappa shape index (κ2) is 4.61. The van der Waals surface area contributed by atoms with Crippen molar-refractivity contribution < 1.29 is 0 Å². The van der Waals surface area contributed by atoms with Crippen molar-refractivity contribution in [2.24, 2.45) is 0 Å². The fourth-order valence-electron chi connectivity index (χ4n) is 2.33. The molecule has 0 bridgehead atoms. The van der Waals surface area contributed by atoms with Crippen molar-refractivity contribution in [1.29, 1.82) is 0 Å². The van der Waals surface area contributed by atoms with Crippen LogP contribution in [0.15, 0.2) is 24.3 Å². The molecule has 14 heavy (non-hydrogen) atoms. The summed E-state index contributed by atoms with van der Waals surface area (Å²) in [7, 11) is 0. The summed E-state index contributed by atoms with van der Waals surface area (Å²) in [6, 6.07) is 8.80. The Morgan fingerprint density at radius 3 is 2.93 bits per heavy atom. The molecule has 2 rings (SSSR count). The number of aryl methyl sites for hydroxylation is 1. The molecule has 1 aliphatic heterocycles. The monoisotopic (exact) mass is 189 g/mol. The van der Waals surface area contributed by atoms with Crippen LogP contribution in [0.3, 0.4) is 0 Å². The van der Waals surface area contributed by atoms with Gasteiger partial charge in [0.25, 0.3) is 0 Å². The van der Waals surface area contributed by atoms with E-state index >= 15 is 0 Å². The standard InChI is InChI=1S/C13H19N/c1-11-6-2-3-8-13(11)12-7-4-5-9-14-10-12/h2-3,6,8,12,14H,4-5,7,9-10H2,1H3. The molecule has 76 valence electrons. The maximum atomic E-state index is 3.52. The summed E-state index contributed by atoms with van der Waals surface area (Å²) in [6.07, 6.45) is 4.05. The number of rotatable bonds is 1. The second-order valence-electron chi connectivity index (χ2n) is 4.25. The highest BCUT2D eigenvalue weighted by Gasteiger charge is 2.14. The van der Waals surface area contributed by atoms with Crippen LogP contribution in [0.5, 0.6) is 0 Å². The highest BCUT2D eigenvalue weighted by atomic mass is 14.9. The van der Waals surface area contributed by atoms with Crippen molar-refractivity contribution in [1.82, 2.24) is 5.32 Å². The van der Waals surface area contributed by atoms with E-state index in [4.69, 9.17) is 0 Å². The van der Waals surface area contributed by atoms with E-state index in [0.717, 1.165) is 12.5 Å². The summed E-state index contributed by atoms with van der Waals surface area (Å²) in [5.74, 6) is 0.735. The molecule has 1 aromatic rings. The quantitative estimate of drug-likeness (QED) is 0.716. The zero-order chi connectivity index (χ0) is 9.80. The highest BCUT2D eigenvalue weighted by Crippen LogP contribution is 2.25. The number of benzene rings is 1. The number of hydrogen-bond donors (Lipinski definition) is 1. The van der Waals surface area contributed by atoms with Gasteiger partial charge in [-0.15, -0.1) is 0 Å². The smallest absolute Gasteiger partial charge is 0.00202 e. The summed E-state index contributed by atoms with van der Waals surface area (Å²) in [5, 5.41) is 3.52. The van der Waals surface area contributed by atoms with E-state index in [0.29, 0.717) is 0 Å². The van der Waals surface area contributed by atoms with Crippen LogP contribution in [0.1, 0.15) is 36.3 Å². The molecule has 1 saturated heterocycles. The lowest BCUT2D eigenvalue weighted by Crippen LogP contribution is -2.19. The SMILES string of the molecule is Cc1ccccc1C1CCCCNC1. The van der Waals surface area contributed by atoms with Crippen LogP contribution in [-0.2, 0) is 0 Å². The third kappa shape index (κ3) is 2.16. The second-order valence-corrected chi connectivity index (χ2v) is 4.25. The van der Waals surface area contributed by atoms with Crippen molar-refractivity contribution >= 4 is 0 Å². The topological polar surface area (TPSA) is 12.0 Å². The van der Waals surface area contributed by atoms with Crippen molar-refractivity contribution in [3.8, 4) is 0 Å². The van der Waals surface area contributed by atoms with E-state index in [2.05, 4.69) is 36.5 Å². The van der Waals surface area contributed by atoms with Crippen LogP contribution in [0.4, 0.5) is 0 Å². The van der Waals surface area contributed by atoms with Crippen molar-refractivity contribution in [2.45, 2.75) is 32.1 Å². The van der Waals surface area contributed by atoms with Crippen LogP contribution >= 0.6 is 0 Å². The molecule has 1 atom stereocenters. The van der Waals surface area contributed by atoms with Crippen LogP contribution in [0, 0.1) is 6.92 Å². The van der Waals surface area contributed by atoms with Crippen molar-refractivity contribution in [3.63, 3.8) is 0 Å². The third-order valence-corrected chi connectivity index (χ3v) is 3.18. The summed E-state index contributed by atoms with van der Waals surface area (Å²) in [5.41, 5.74) is 2.99. The summed E-state index contributed by atoms with van der Waals surface area (Å²) >= 11 is 0. The molecule has 1 heteroatoms. The fourth-order valence-corrected chi connectivity index (χ4v) is 2.33. The number of hydrogen-bond acceptors (Lipinski definition) is 1. The van der Waals surface area contributed by atoms with E-state index in [1.54, 1.807) is 5.56 Å².